The number of phenols is 1. The number of phenolic OH excluding ortho intramolecular Hbond substituents is 1. The van der Waals surface area contributed by atoms with E-state index < -0.39 is 91.4 Å². The fourth-order valence-corrected chi connectivity index (χ4v) is 3.10. The summed E-state index contributed by atoms with van der Waals surface area (Å²) in [5, 5.41) is 51.5. The van der Waals surface area contributed by atoms with Gasteiger partial charge in [-0.1, -0.05) is 12.1 Å². The van der Waals surface area contributed by atoms with Crippen LogP contribution in [0.25, 0.3) is 0 Å². The number of carboxylic acid groups (broad SMARTS) is 4. The van der Waals surface area contributed by atoms with Gasteiger partial charge in [0, 0.05) is 6.42 Å². The third-order valence-corrected chi connectivity index (χ3v) is 5.01. The Balaban J connectivity index is 2.98. The van der Waals surface area contributed by atoms with Crippen molar-refractivity contribution in [2.45, 2.75) is 56.3 Å². The third-order valence-electron chi connectivity index (χ3n) is 5.01. The Kier molecular flexibility index (Phi) is 12.1. The first-order chi connectivity index (χ1) is 17.7. The molecular formula is C22H28N4O12. The Bertz CT molecular complexity index is 1060. The molecule has 3 amide bonds. The molecule has 0 aliphatic carbocycles. The van der Waals surface area contributed by atoms with E-state index >= 15 is 0 Å². The van der Waals surface area contributed by atoms with E-state index in [2.05, 4.69) is 5.32 Å². The van der Waals surface area contributed by atoms with E-state index in [0.29, 0.717) is 5.56 Å². The minimum atomic E-state index is -1.90. The van der Waals surface area contributed by atoms with E-state index in [1.807, 2.05) is 10.6 Å². The van der Waals surface area contributed by atoms with E-state index in [-0.39, 0.29) is 12.2 Å². The van der Waals surface area contributed by atoms with Crippen LogP contribution in [0.3, 0.4) is 0 Å². The second-order valence-corrected chi connectivity index (χ2v) is 8.13. The van der Waals surface area contributed by atoms with E-state index in [1.54, 1.807) is 0 Å². The van der Waals surface area contributed by atoms with Gasteiger partial charge in [0.05, 0.1) is 18.9 Å². The van der Waals surface area contributed by atoms with Gasteiger partial charge in [0.15, 0.2) is 0 Å². The van der Waals surface area contributed by atoms with Gasteiger partial charge in [-0.15, -0.1) is 0 Å². The lowest BCUT2D eigenvalue weighted by Gasteiger charge is -2.24. The summed E-state index contributed by atoms with van der Waals surface area (Å²) in [6.45, 7) is 0. The number of amides is 3. The van der Waals surface area contributed by atoms with Crippen molar-refractivity contribution in [2.75, 3.05) is 0 Å². The van der Waals surface area contributed by atoms with Crippen molar-refractivity contribution in [3.63, 3.8) is 0 Å². The SMILES string of the molecule is NC(Cc1ccc(O)cc1)C(=O)NC(CC(=O)O)C(=O)NC(CC(=O)O)C(=O)NC(CCC(=O)O)C(=O)O. The number of aliphatic carboxylic acids is 4. The highest BCUT2D eigenvalue weighted by Gasteiger charge is 2.32. The summed E-state index contributed by atoms with van der Waals surface area (Å²) in [5.41, 5.74) is 6.36. The highest BCUT2D eigenvalue weighted by atomic mass is 16.4. The van der Waals surface area contributed by atoms with Crippen molar-refractivity contribution in [3.05, 3.63) is 29.8 Å². The van der Waals surface area contributed by atoms with Crippen LogP contribution in [0.1, 0.15) is 31.2 Å². The summed E-state index contributed by atoms with van der Waals surface area (Å²) in [4.78, 5) is 82.3. The molecule has 1 aromatic carbocycles. The van der Waals surface area contributed by atoms with E-state index in [0.717, 1.165) is 0 Å². The first-order valence-corrected chi connectivity index (χ1v) is 11.0. The van der Waals surface area contributed by atoms with E-state index in [4.69, 9.17) is 21.1 Å². The second kappa shape index (κ2) is 14.7. The summed E-state index contributed by atoms with van der Waals surface area (Å²) in [6.07, 6.45) is -3.24. The molecule has 0 saturated carbocycles. The van der Waals surface area contributed by atoms with E-state index in [9.17, 15) is 43.8 Å². The van der Waals surface area contributed by atoms with Crippen molar-refractivity contribution in [3.8, 4) is 5.75 Å². The minimum absolute atomic E-state index is 0.0264. The van der Waals surface area contributed by atoms with Gasteiger partial charge in [0.25, 0.3) is 0 Å². The Morgan fingerprint density at radius 1 is 0.684 bits per heavy atom. The van der Waals surface area contributed by atoms with Crippen molar-refractivity contribution in [1.29, 1.82) is 0 Å². The number of benzene rings is 1. The first kappa shape index (κ1) is 31.3. The summed E-state index contributed by atoms with van der Waals surface area (Å²) in [7, 11) is 0. The number of carboxylic acids is 4. The normalized spacial score (nSPS) is 13.7. The van der Waals surface area contributed by atoms with Crippen molar-refractivity contribution < 1.29 is 59.1 Å². The molecular weight excluding hydrogens is 512 g/mol. The maximum absolute atomic E-state index is 12.7. The smallest absolute Gasteiger partial charge is 0.326 e. The number of rotatable bonds is 16. The molecule has 0 heterocycles. The van der Waals surface area contributed by atoms with Gasteiger partial charge in [-0.05, 0) is 30.5 Å². The maximum atomic E-state index is 12.7. The zero-order valence-electron chi connectivity index (χ0n) is 19.8. The molecule has 0 bridgehead atoms. The molecule has 0 aromatic heterocycles. The summed E-state index contributed by atoms with van der Waals surface area (Å²) in [5.74, 6) is -9.61. The zero-order valence-corrected chi connectivity index (χ0v) is 19.8. The van der Waals surface area contributed by atoms with Crippen LogP contribution < -0.4 is 21.7 Å². The molecule has 38 heavy (non-hydrogen) atoms. The summed E-state index contributed by atoms with van der Waals surface area (Å²) < 4.78 is 0. The molecule has 4 atom stereocenters. The van der Waals surface area contributed by atoms with Crippen LogP contribution in [0.5, 0.6) is 5.75 Å². The Labute approximate surface area is 214 Å². The molecule has 1 rings (SSSR count). The number of nitrogens with one attached hydrogen (secondary N) is 3. The van der Waals surface area contributed by atoms with Gasteiger partial charge in [-0.2, -0.15) is 0 Å². The Morgan fingerprint density at radius 3 is 1.55 bits per heavy atom. The fourth-order valence-electron chi connectivity index (χ4n) is 3.10. The van der Waals surface area contributed by atoms with Crippen LogP contribution in [-0.2, 0) is 40.0 Å². The molecule has 0 spiro atoms. The fraction of sp³-hybridized carbons (Fsp3) is 0.409. The molecule has 1 aromatic rings. The standard InChI is InChI=1S/C22H28N4O12/c23-12(7-10-1-3-11(27)4-2-10)19(34)25-14(8-17(30)31)21(36)26-15(9-18(32)33)20(35)24-13(22(37)38)5-6-16(28)29/h1-4,12-15,27H,5-9,23H2,(H,24,35)(H,25,34)(H,26,36)(H,28,29)(H,30,31)(H,32,33)(H,37,38). The van der Waals surface area contributed by atoms with Crippen molar-refractivity contribution in [2.24, 2.45) is 5.73 Å². The number of hydrogen-bond donors (Lipinski definition) is 9. The summed E-state index contributed by atoms with van der Waals surface area (Å²) >= 11 is 0. The quantitative estimate of drug-likeness (QED) is 0.106. The van der Waals surface area contributed by atoms with Crippen LogP contribution in [0.4, 0.5) is 0 Å². The third kappa shape index (κ3) is 11.3. The number of nitrogens with two attached hydrogens (primary N) is 1. The van der Waals surface area contributed by atoms with Crippen molar-refractivity contribution >= 4 is 41.6 Å². The molecule has 16 heteroatoms. The van der Waals surface area contributed by atoms with Gasteiger partial charge in [-0.3, -0.25) is 28.8 Å². The Morgan fingerprint density at radius 2 is 1.13 bits per heavy atom. The molecule has 16 nitrogen and oxygen atoms in total. The predicted octanol–water partition coefficient (Wildman–Crippen LogP) is -2.38. The van der Waals surface area contributed by atoms with Gasteiger partial charge < -0.3 is 47.2 Å². The van der Waals surface area contributed by atoms with Crippen LogP contribution in [0.2, 0.25) is 0 Å². The van der Waals surface area contributed by atoms with Crippen LogP contribution >= 0.6 is 0 Å². The van der Waals surface area contributed by atoms with Crippen molar-refractivity contribution in [1.82, 2.24) is 16.0 Å². The predicted molar refractivity (Wildman–Crippen MR) is 125 cm³/mol. The average Bonchev–Trinajstić information content (AvgIpc) is 2.81. The summed E-state index contributed by atoms with van der Waals surface area (Å²) in [6, 6.07) is -0.996. The number of carbonyl (C=O) groups excluding carboxylic acids is 3. The number of aromatic hydroxyl groups is 1. The first-order valence-electron chi connectivity index (χ1n) is 11.0. The molecule has 0 aliphatic heterocycles. The van der Waals surface area contributed by atoms with Gasteiger partial charge in [-0.25, -0.2) is 4.79 Å². The van der Waals surface area contributed by atoms with Gasteiger partial charge >= 0.3 is 23.9 Å². The number of carbonyl (C=O) groups is 7. The molecule has 10 N–H and O–H groups in total. The largest absolute Gasteiger partial charge is 0.508 e. The zero-order chi connectivity index (χ0) is 29.0. The molecule has 0 radical (unpaired) electrons. The second-order valence-electron chi connectivity index (χ2n) is 8.13. The molecule has 4 unspecified atom stereocenters. The highest BCUT2D eigenvalue weighted by molar-refractivity contribution is 5.97. The minimum Gasteiger partial charge on any atom is -0.508 e. The number of hydrogen-bond acceptors (Lipinski definition) is 9. The van der Waals surface area contributed by atoms with Crippen LogP contribution in [0.15, 0.2) is 24.3 Å². The van der Waals surface area contributed by atoms with Crippen LogP contribution in [0, 0.1) is 0 Å². The van der Waals surface area contributed by atoms with E-state index in [1.165, 1.54) is 24.3 Å². The molecule has 0 aliphatic rings. The lowest BCUT2D eigenvalue weighted by atomic mass is 10.0. The highest BCUT2D eigenvalue weighted by Crippen LogP contribution is 2.11. The molecule has 0 saturated heterocycles. The molecule has 0 fully saturated rings. The van der Waals surface area contributed by atoms with Gasteiger partial charge in [0.1, 0.15) is 23.9 Å². The van der Waals surface area contributed by atoms with Crippen LogP contribution in [-0.4, -0.2) is 91.3 Å². The lowest BCUT2D eigenvalue weighted by molar-refractivity contribution is -0.145. The van der Waals surface area contributed by atoms with Gasteiger partial charge in [0.2, 0.25) is 17.7 Å². The average molecular weight is 540 g/mol. The monoisotopic (exact) mass is 540 g/mol. The lowest BCUT2D eigenvalue weighted by Crippen LogP contribution is -2.58. The maximum Gasteiger partial charge on any atom is 0.326 e. The topological polar surface area (TPSA) is 283 Å². The Hall–Kier alpha value is -4.73. The molecule has 208 valence electrons.